The summed E-state index contributed by atoms with van der Waals surface area (Å²) in [5.74, 6) is 0. The summed E-state index contributed by atoms with van der Waals surface area (Å²) >= 11 is 2.81. The van der Waals surface area contributed by atoms with Crippen LogP contribution >= 0.6 is 12.4 Å². The second kappa shape index (κ2) is 5.66. The van der Waals surface area contributed by atoms with Crippen LogP contribution in [0.2, 0.25) is 4.78 Å². The van der Waals surface area contributed by atoms with Gasteiger partial charge in [-0.1, -0.05) is 37.3 Å². The molecule has 0 heterocycles. The average molecular weight is 183 g/mol. The number of hydrogen-bond acceptors (Lipinski definition) is 0. The Kier molecular flexibility index (Phi) is 5.68. The molecule has 1 aromatic rings. The first-order valence-corrected chi connectivity index (χ1v) is 4.25. The van der Waals surface area contributed by atoms with E-state index in [9.17, 15) is 0 Å². The summed E-state index contributed by atoms with van der Waals surface area (Å²) in [5.41, 5.74) is 1.42. The Bertz CT molecular complexity index is 184. The Morgan fingerprint density at radius 3 is 2.27 bits per heavy atom. The van der Waals surface area contributed by atoms with Crippen LogP contribution < -0.4 is 0 Å². The number of rotatable bonds is 2. The van der Waals surface area contributed by atoms with E-state index in [0.29, 0.717) is 4.78 Å². The van der Waals surface area contributed by atoms with Crippen molar-refractivity contribution in [2.75, 3.05) is 0 Å². The molecule has 0 saturated heterocycles. The van der Waals surface area contributed by atoms with Crippen LogP contribution in [0.25, 0.3) is 0 Å². The van der Waals surface area contributed by atoms with Crippen molar-refractivity contribution in [2.24, 2.45) is 0 Å². The van der Waals surface area contributed by atoms with Crippen molar-refractivity contribution in [3.05, 3.63) is 35.9 Å². The molecule has 2 heteroatoms. The van der Waals surface area contributed by atoms with E-state index in [4.69, 9.17) is 0 Å². The average Bonchev–Trinajstić information content (AvgIpc) is 1.88. The van der Waals surface area contributed by atoms with Crippen LogP contribution in [0.1, 0.15) is 12.5 Å². The minimum atomic E-state index is 0. The van der Waals surface area contributed by atoms with Gasteiger partial charge in [-0.05, 0) is 12.0 Å². The molecule has 58 valence electrons. The standard InChI is InChI=1S/C9H11.Al.ClH/c1-2-6-9-7-4-3-5-8-9;;/h2-5,7-8H,6H2,1H3;;1H. The fourth-order valence-electron chi connectivity index (χ4n) is 0.986. The highest BCUT2D eigenvalue weighted by Crippen LogP contribution is 2.08. The lowest BCUT2D eigenvalue weighted by Gasteiger charge is -2.03. The van der Waals surface area contributed by atoms with Gasteiger partial charge in [0.25, 0.3) is 0 Å². The lowest BCUT2D eigenvalue weighted by atomic mass is 10.1. The van der Waals surface area contributed by atoms with Gasteiger partial charge in [0.2, 0.25) is 0 Å². The summed E-state index contributed by atoms with van der Waals surface area (Å²) < 4.78 is 0.683. The maximum atomic E-state index is 2.81. The molecule has 0 amide bonds. The summed E-state index contributed by atoms with van der Waals surface area (Å²) in [6, 6.07) is 10.6. The van der Waals surface area contributed by atoms with Crippen molar-refractivity contribution in [3.63, 3.8) is 0 Å². The fourth-order valence-corrected chi connectivity index (χ4v) is 1.26. The summed E-state index contributed by atoms with van der Waals surface area (Å²) in [5, 5.41) is 0. The van der Waals surface area contributed by atoms with Crippen molar-refractivity contribution < 1.29 is 0 Å². The Morgan fingerprint density at radius 2 is 1.82 bits per heavy atom. The maximum absolute atomic E-state index is 2.81. The molecule has 11 heavy (non-hydrogen) atoms. The molecule has 1 aromatic carbocycles. The molecule has 2 radical (unpaired) electrons. The highest BCUT2D eigenvalue weighted by atomic mass is 35.5. The third-order valence-corrected chi connectivity index (χ3v) is 1.64. The monoisotopic (exact) mass is 182 g/mol. The summed E-state index contributed by atoms with van der Waals surface area (Å²) in [4.78, 5) is 0. The molecule has 0 saturated carbocycles. The number of benzene rings is 1. The first kappa shape index (κ1) is 11.0. The van der Waals surface area contributed by atoms with Gasteiger partial charge in [0.05, 0.1) is 0 Å². The van der Waals surface area contributed by atoms with Crippen LogP contribution in [-0.4, -0.2) is 16.3 Å². The predicted molar refractivity (Wildman–Crippen MR) is 52.6 cm³/mol. The topological polar surface area (TPSA) is 0 Å². The van der Waals surface area contributed by atoms with Crippen LogP contribution in [0.4, 0.5) is 0 Å². The van der Waals surface area contributed by atoms with E-state index in [0.717, 1.165) is 6.42 Å². The molecule has 0 aliphatic carbocycles. The molecular weight excluding hydrogens is 171 g/mol. The maximum Gasteiger partial charge on any atom is 0.123 e. The second-order valence-electron chi connectivity index (χ2n) is 2.67. The third-order valence-electron chi connectivity index (χ3n) is 1.40. The van der Waals surface area contributed by atoms with E-state index in [1.807, 2.05) is 0 Å². The quantitative estimate of drug-likeness (QED) is 0.617. The van der Waals surface area contributed by atoms with Crippen molar-refractivity contribution in [1.82, 2.24) is 0 Å². The molecule has 0 aromatic heterocycles. The fraction of sp³-hybridized carbons (Fsp3) is 0.333. The van der Waals surface area contributed by atoms with Gasteiger partial charge in [-0.3, -0.25) is 0 Å². The molecule has 0 aliphatic rings. The van der Waals surface area contributed by atoms with Gasteiger partial charge in [0.1, 0.15) is 16.3 Å². The predicted octanol–water partition coefficient (Wildman–Crippen LogP) is 2.63. The smallest absolute Gasteiger partial charge is 0.123 e. The lowest BCUT2D eigenvalue weighted by molar-refractivity contribution is 0.916. The SMILES string of the molecule is C[CH]([Al])Cc1ccccc1.Cl. The Morgan fingerprint density at radius 1 is 1.27 bits per heavy atom. The largest absolute Gasteiger partial charge is 0.147 e. The Hall–Kier alpha value is 0.0425. The normalized spacial score (nSPS) is 11.7. The summed E-state index contributed by atoms with van der Waals surface area (Å²) in [7, 11) is 0. The van der Waals surface area contributed by atoms with Crippen LogP contribution in [0.15, 0.2) is 30.3 Å². The van der Waals surface area contributed by atoms with E-state index in [1.165, 1.54) is 5.56 Å². The van der Waals surface area contributed by atoms with E-state index in [2.05, 4.69) is 53.5 Å². The molecule has 0 N–H and O–H groups in total. The van der Waals surface area contributed by atoms with Crippen LogP contribution in [0.3, 0.4) is 0 Å². The molecule has 0 bridgehead atoms. The molecule has 0 spiro atoms. The minimum absolute atomic E-state index is 0. The molecule has 1 unspecified atom stereocenters. The Labute approximate surface area is 82.8 Å². The van der Waals surface area contributed by atoms with Crippen molar-refractivity contribution >= 4 is 28.7 Å². The van der Waals surface area contributed by atoms with Crippen molar-refractivity contribution in [1.29, 1.82) is 0 Å². The first-order chi connectivity index (χ1) is 4.79. The summed E-state index contributed by atoms with van der Waals surface area (Å²) in [6.07, 6.45) is 1.16. The van der Waals surface area contributed by atoms with Crippen LogP contribution in [0, 0.1) is 0 Å². The van der Waals surface area contributed by atoms with Gasteiger partial charge in [0, 0.05) is 0 Å². The van der Waals surface area contributed by atoms with Gasteiger partial charge in [0.15, 0.2) is 0 Å². The molecule has 0 fully saturated rings. The van der Waals surface area contributed by atoms with Gasteiger partial charge in [-0.25, -0.2) is 0 Å². The van der Waals surface area contributed by atoms with E-state index in [-0.39, 0.29) is 12.4 Å². The molecule has 1 atom stereocenters. The zero-order valence-electron chi connectivity index (χ0n) is 6.66. The van der Waals surface area contributed by atoms with E-state index >= 15 is 0 Å². The second-order valence-corrected chi connectivity index (χ2v) is 3.81. The zero-order chi connectivity index (χ0) is 7.40. The van der Waals surface area contributed by atoms with E-state index in [1.54, 1.807) is 0 Å². The van der Waals surface area contributed by atoms with Crippen LogP contribution in [0.5, 0.6) is 0 Å². The molecule has 1 rings (SSSR count). The van der Waals surface area contributed by atoms with Gasteiger partial charge in [-0.15, -0.1) is 17.2 Å². The summed E-state index contributed by atoms with van der Waals surface area (Å²) in [6.45, 7) is 2.21. The lowest BCUT2D eigenvalue weighted by Crippen LogP contribution is -1.90. The highest BCUT2D eigenvalue weighted by molar-refractivity contribution is 6.11. The number of hydrogen-bond donors (Lipinski definition) is 0. The van der Waals surface area contributed by atoms with Gasteiger partial charge in [-0.2, -0.15) is 0 Å². The first-order valence-electron chi connectivity index (χ1n) is 3.58. The van der Waals surface area contributed by atoms with Crippen molar-refractivity contribution in [2.45, 2.75) is 18.1 Å². The Balaban J connectivity index is 0.000001000. The van der Waals surface area contributed by atoms with Crippen molar-refractivity contribution in [3.8, 4) is 0 Å². The zero-order valence-corrected chi connectivity index (χ0v) is 8.63. The van der Waals surface area contributed by atoms with Crippen LogP contribution in [-0.2, 0) is 6.42 Å². The van der Waals surface area contributed by atoms with E-state index < -0.39 is 0 Å². The minimum Gasteiger partial charge on any atom is -0.147 e. The molecule has 0 aliphatic heterocycles. The van der Waals surface area contributed by atoms with Gasteiger partial charge < -0.3 is 0 Å². The highest BCUT2D eigenvalue weighted by Gasteiger charge is 1.93. The van der Waals surface area contributed by atoms with Gasteiger partial charge >= 0.3 is 0 Å². The molecular formula is C9H12AlCl. The molecule has 0 nitrogen and oxygen atoms in total. The third kappa shape index (κ3) is 4.48. The number of halogens is 1.